The number of hydrogen-bond donors (Lipinski definition) is 0. The Morgan fingerprint density at radius 2 is 0.359 bits per heavy atom. The third-order valence-corrected chi connectivity index (χ3v) is 14.3. The highest BCUT2D eigenvalue weighted by molar-refractivity contribution is 5.93. The lowest BCUT2D eigenvalue weighted by Crippen LogP contribution is -2.10. The third kappa shape index (κ3) is 11.1. The fraction of sp³-hybridized carbons (Fsp3) is 0. The van der Waals surface area contributed by atoms with Crippen molar-refractivity contribution in [2.45, 2.75) is 0 Å². The van der Waals surface area contributed by atoms with Gasteiger partial charge >= 0.3 is 0 Å². The molecule has 0 N–H and O–H groups in total. The fourth-order valence-corrected chi connectivity index (χ4v) is 10.3. The first-order chi connectivity index (χ1) is 38.7. The maximum atomic E-state index is 2.34. The predicted molar refractivity (Wildman–Crippen MR) is 332 cm³/mol. The van der Waals surface area contributed by atoms with Crippen molar-refractivity contribution in [2.24, 2.45) is 0 Å². The highest BCUT2D eigenvalue weighted by Crippen LogP contribution is 2.40. The first kappa shape index (κ1) is 48.6. The summed E-state index contributed by atoms with van der Waals surface area (Å²) in [5, 5.41) is 0. The summed E-state index contributed by atoms with van der Waals surface area (Å²) in [5.41, 5.74) is 22.9. The Labute approximate surface area is 459 Å². The summed E-state index contributed by atoms with van der Waals surface area (Å²) >= 11 is 0. The van der Waals surface area contributed by atoms with E-state index in [1.54, 1.807) is 0 Å². The molecule has 0 bridgehead atoms. The van der Waals surface area contributed by atoms with Gasteiger partial charge < -0.3 is 9.80 Å². The molecule has 0 saturated heterocycles. The minimum absolute atomic E-state index is 1.07. The van der Waals surface area contributed by atoms with E-state index in [9.17, 15) is 0 Å². The second-order valence-corrected chi connectivity index (χ2v) is 19.4. The van der Waals surface area contributed by atoms with Crippen LogP contribution in [0.2, 0.25) is 0 Å². The molecule has 0 saturated carbocycles. The highest BCUT2D eigenvalue weighted by atomic mass is 15.1. The van der Waals surface area contributed by atoms with Crippen LogP contribution in [0.25, 0.3) is 56.7 Å². The number of hydrogen-bond acceptors (Lipinski definition) is 2. The van der Waals surface area contributed by atoms with E-state index in [4.69, 9.17) is 0 Å². The summed E-state index contributed by atoms with van der Waals surface area (Å²) in [6, 6.07) is 117. The monoisotopic (exact) mass is 996 g/mol. The minimum Gasteiger partial charge on any atom is -0.311 e. The van der Waals surface area contributed by atoms with Gasteiger partial charge in [0.25, 0.3) is 0 Å². The zero-order valence-electron chi connectivity index (χ0n) is 43.2. The van der Waals surface area contributed by atoms with Gasteiger partial charge in [0.15, 0.2) is 0 Å². The van der Waals surface area contributed by atoms with Crippen molar-refractivity contribution in [1.82, 2.24) is 0 Å². The van der Waals surface area contributed by atoms with Crippen molar-refractivity contribution in [3.8, 4) is 33.4 Å². The first-order valence-corrected chi connectivity index (χ1v) is 26.6. The molecule has 12 rings (SSSR count). The second-order valence-electron chi connectivity index (χ2n) is 19.4. The van der Waals surface area contributed by atoms with E-state index in [1.807, 2.05) is 0 Å². The van der Waals surface area contributed by atoms with Crippen LogP contribution in [-0.4, -0.2) is 0 Å². The lowest BCUT2D eigenvalue weighted by atomic mass is 9.95. The molecule has 0 fully saturated rings. The average Bonchev–Trinajstić information content (AvgIpc) is 3.54. The van der Waals surface area contributed by atoms with E-state index in [0.717, 1.165) is 56.4 Å². The third-order valence-electron chi connectivity index (χ3n) is 14.3. The van der Waals surface area contributed by atoms with Gasteiger partial charge in [-0.3, -0.25) is 0 Å². The maximum Gasteiger partial charge on any atom is 0.0462 e. The molecule has 0 aliphatic heterocycles. The van der Waals surface area contributed by atoms with Crippen LogP contribution in [0.4, 0.5) is 34.1 Å². The molecule has 12 aromatic carbocycles. The zero-order valence-corrected chi connectivity index (χ0v) is 43.2. The molecule has 0 aliphatic rings. The summed E-state index contributed by atoms with van der Waals surface area (Å²) in [4.78, 5) is 4.69. The molecular formula is C76H56N2. The smallest absolute Gasteiger partial charge is 0.0462 e. The quantitative estimate of drug-likeness (QED) is 0.0945. The molecule has 2 heteroatoms. The van der Waals surface area contributed by atoms with Crippen LogP contribution in [0, 0.1) is 0 Å². The van der Waals surface area contributed by atoms with Gasteiger partial charge in [0.05, 0.1) is 0 Å². The number of benzene rings is 12. The Bertz CT molecular complexity index is 3550. The van der Waals surface area contributed by atoms with E-state index in [0.29, 0.717) is 0 Å². The summed E-state index contributed by atoms with van der Waals surface area (Å²) in [6.45, 7) is 0. The van der Waals surface area contributed by atoms with Crippen molar-refractivity contribution in [2.75, 3.05) is 9.80 Å². The standard InChI is InChI=1S/C76H56N2/c1-7-19-59(20-8-1)61-35-47-71(48-36-61)77(69-43-31-57(32-44-69)55-75(65-23-11-3-12-24-65)66-25-13-4-14-26-66)73-51-39-63(40-52-73)64-41-53-74(54-42-64)78(72-49-37-62(38-50-72)60-21-9-2-10-22-60)70-45-33-58(34-46-70)56-76(67-27-15-5-16-28-67)68-29-17-6-18-30-68/h1-56H. The lowest BCUT2D eigenvalue weighted by molar-refractivity contribution is 1.28. The largest absolute Gasteiger partial charge is 0.311 e. The zero-order chi connectivity index (χ0) is 52.3. The number of rotatable bonds is 15. The summed E-state index contributed by atoms with van der Waals surface area (Å²) in [7, 11) is 0. The Morgan fingerprint density at radius 3 is 0.577 bits per heavy atom. The molecule has 0 amide bonds. The molecule has 370 valence electrons. The van der Waals surface area contributed by atoms with Gasteiger partial charge in [0, 0.05) is 34.1 Å². The molecule has 0 unspecified atom stereocenters. The molecule has 0 spiro atoms. The van der Waals surface area contributed by atoms with E-state index in [-0.39, 0.29) is 0 Å². The minimum atomic E-state index is 1.07. The molecule has 0 aromatic heterocycles. The van der Waals surface area contributed by atoms with Gasteiger partial charge in [-0.05, 0) is 163 Å². The Hall–Kier alpha value is -10.3. The van der Waals surface area contributed by atoms with Crippen molar-refractivity contribution >= 4 is 57.4 Å². The van der Waals surface area contributed by atoms with E-state index >= 15 is 0 Å². The van der Waals surface area contributed by atoms with Crippen LogP contribution in [-0.2, 0) is 0 Å². The summed E-state index contributed by atoms with van der Waals surface area (Å²) < 4.78 is 0. The van der Waals surface area contributed by atoms with Gasteiger partial charge in [-0.1, -0.05) is 255 Å². The predicted octanol–water partition coefficient (Wildman–Crippen LogP) is 20.8. The Morgan fingerprint density at radius 1 is 0.179 bits per heavy atom. The molecular weight excluding hydrogens is 941 g/mol. The van der Waals surface area contributed by atoms with E-state index in [2.05, 4.69) is 350 Å². The normalized spacial score (nSPS) is 10.8. The van der Waals surface area contributed by atoms with Gasteiger partial charge in [-0.15, -0.1) is 0 Å². The van der Waals surface area contributed by atoms with Crippen molar-refractivity contribution in [3.05, 3.63) is 361 Å². The van der Waals surface area contributed by atoms with Gasteiger partial charge in [-0.2, -0.15) is 0 Å². The molecule has 0 radical (unpaired) electrons. The Balaban J connectivity index is 0.861. The molecule has 2 nitrogen and oxygen atoms in total. The van der Waals surface area contributed by atoms with Gasteiger partial charge in [0.2, 0.25) is 0 Å². The van der Waals surface area contributed by atoms with E-state index < -0.39 is 0 Å². The van der Waals surface area contributed by atoms with Crippen molar-refractivity contribution in [1.29, 1.82) is 0 Å². The van der Waals surface area contributed by atoms with Crippen LogP contribution in [0.1, 0.15) is 33.4 Å². The average molecular weight is 997 g/mol. The van der Waals surface area contributed by atoms with Crippen LogP contribution in [0.5, 0.6) is 0 Å². The molecule has 0 atom stereocenters. The van der Waals surface area contributed by atoms with Crippen molar-refractivity contribution < 1.29 is 0 Å². The molecule has 0 aliphatic carbocycles. The van der Waals surface area contributed by atoms with Crippen molar-refractivity contribution in [3.63, 3.8) is 0 Å². The number of anilines is 6. The lowest BCUT2D eigenvalue weighted by Gasteiger charge is -2.26. The summed E-state index contributed by atoms with van der Waals surface area (Å²) in [5.74, 6) is 0. The van der Waals surface area contributed by atoms with Crippen LogP contribution < -0.4 is 9.80 Å². The Kier molecular flexibility index (Phi) is 14.4. The second kappa shape index (κ2) is 23.1. The topological polar surface area (TPSA) is 6.48 Å². The highest BCUT2D eigenvalue weighted by Gasteiger charge is 2.17. The van der Waals surface area contributed by atoms with Crippen LogP contribution >= 0.6 is 0 Å². The van der Waals surface area contributed by atoms with Crippen LogP contribution in [0.3, 0.4) is 0 Å². The summed E-state index contributed by atoms with van der Waals surface area (Å²) in [6.07, 6.45) is 4.58. The molecule has 78 heavy (non-hydrogen) atoms. The number of nitrogens with zero attached hydrogens (tertiary/aromatic N) is 2. The molecule has 12 aromatic rings. The fourth-order valence-electron chi connectivity index (χ4n) is 10.3. The van der Waals surface area contributed by atoms with Gasteiger partial charge in [0.1, 0.15) is 0 Å². The van der Waals surface area contributed by atoms with Gasteiger partial charge in [-0.25, -0.2) is 0 Å². The van der Waals surface area contributed by atoms with Crippen LogP contribution in [0.15, 0.2) is 328 Å². The first-order valence-electron chi connectivity index (χ1n) is 26.6. The molecule has 0 heterocycles. The SMILES string of the molecule is C(=C(c1ccccc1)c1ccccc1)c1ccc(N(c2ccc(-c3ccccc3)cc2)c2ccc(-c3ccc(N(c4ccc(C=C(c5ccccc5)c5ccccc5)cc4)c4ccc(-c5ccccc5)cc4)cc3)cc2)cc1. The maximum absolute atomic E-state index is 2.34. The van der Waals surface area contributed by atoms with E-state index in [1.165, 1.54) is 55.7 Å².